The molecule has 0 radical (unpaired) electrons. The zero-order valence-electron chi connectivity index (χ0n) is 7.03. The van der Waals surface area contributed by atoms with Crippen molar-refractivity contribution in [2.75, 3.05) is 13.4 Å². The number of thioether (sulfide) groups is 1. The van der Waals surface area contributed by atoms with Crippen molar-refractivity contribution in [3.05, 3.63) is 29.8 Å². The van der Waals surface area contributed by atoms with Crippen LogP contribution in [0.5, 0.6) is 0 Å². The molecule has 3 heteroatoms. The number of esters is 1. The summed E-state index contributed by atoms with van der Waals surface area (Å²) in [4.78, 5) is 12.1. The molecule has 1 aromatic carbocycles. The molecule has 64 valence electrons. The third-order valence-electron chi connectivity index (χ3n) is 1.51. The van der Waals surface area contributed by atoms with Crippen molar-refractivity contribution in [1.29, 1.82) is 0 Å². The number of carbonyl (C=O) groups is 1. The Labute approximate surface area is 75.9 Å². The van der Waals surface area contributed by atoms with Crippen LogP contribution in [0.1, 0.15) is 10.4 Å². The Hall–Kier alpha value is -0.960. The van der Waals surface area contributed by atoms with Crippen LogP contribution >= 0.6 is 11.8 Å². The third-order valence-corrected chi connectivity index (χ3v) is 2.31. The predicted octanol–water partition coefficient (Wildman–Crippen LogP) is 2.20. The monoisotopic (exact) mass is 182 g/mol. The molecule has 0 aliphatic rings. The summed E-state index contributed by atoms with van der Waals surface area (Å²) < 4.78 is 4.63. The van der Waals surface area contributed by atoms with Crippen molar-refractivity contribution in [3.63, 3.8) is 0 Å². The van der Waals surface area contributed by atoms with Crippen molar-refractivity contribution in [3.8, 4) is 0 Å². The summed E-state index contributed by atoms with van der Waals surface area (Å²) in [5, 5.41) is 0. The molecule has 0 saturated heterocycles. The molecule has 12 heavy (non-hydrogen) atoms. The zero-order chi connectivity index (χ0) is 8.97. The van der Waals surface area contributed by atoms with Crippen LogP contribution < -0.4 is 0 Å². The van der Waals surface area contributed by atoms with E-state index in [-0.39, 0.29) is 5.97 Å². The van der Waals surface area contributed by atoms with E-state index in [4.69, 9.17) is 0 Å². The van der Waals surface area contributed by atoms with Gasteiger partial charge in [0.1, 0.15) is 0 Å². The van der Waals surface area contributed by atoms with Gasteiger partial charge in [-0.1, -0.05) is 12.1 Å². The summed E-state index contributed by atoms with van der Waals surface area (Å²) in [6.45, 7) is 0. The lowest BCUT2D eigenvalue weighted by molar-refractivity contribution is 0.0597. The number of rotatable bonds is 2. The molecule has 0 fully saturated rings. The summed E-state index contributed by atoms with van der Waals surface area (Å²) in [5.41, 5.74) is 0.632. The van der Waals surface area contributed by atoms with E-state index in [1.165, 1.54) is 18.9 Å². The Morgan fingerprint density at radius 1 is 1.42 bits per heavy atom. The first-order valence-corrected chi connectivity index (χ1v) is 4.73. The van der Waals surface area contributed by atoms with E-state index in [1.807, 2.05) is 24.5 Å². The Bertz CT molecular complexity index is 284. The van der Waals surface area contributed by atoms with Crippen LogP contribution in [0.4, 0.5) is 0 Å². The molecule has 1 rings (SSSR count). The maximum atomic E-state index is 11.2. The Kier molecular flexibility index (Phi) is 3.17. The molecular weight excluding hydrogens is 172 g/mol. The molecule has 0 spiro atoms. The van der Waals surface area contributed by atoms with Crippen molar-refractivity contribution in [2.24, 2.45) is 0 Å². The maximum Gasteiger partial charge on any atom is 0.338 e. The predicted molar refractivity (Wildman–Crippen MR) is 49.6 cm³/mol. The molecule has 0 bridgehead atoms. The second-order valence-corrected chi connectivity index (χ2v) is 3.04. The van der Waals surface area contributed by atoms with Crippen LogP contribution in [0.25, 0.3) is 0 Å². The fourth-order valence-corrected chi connectivity index (χ4v) is 1.51. The van der Waals surface area contributed by atoms with Crippen molar-refractivity contribution in [1.82, 2.24) is 0 Å². The fourth-order valence-electron chi connectivity index (χ4n) is 0.923. The molecular formula is C9H10O2S. The summed E-state index contributed by atoms with van der Waals surface area (Å²) in [5.74, 6) is -0.278. The minimum Gasteiger partial charge on any atom is -0.465 e. The first-order chi connectivity index (χ1) is 5.79. The lowest BCUT2D eigenvalue weighted by atomic mass is 10.2. The molecule has 1 aromatic rings. The lowest BCUT2D eigenvalue weighted by Gasteiger charge is -2.03. The smallest absolute Gasteiger partial charge is 0.338 e. The number of hydrogen-bond donors (Lipinski definition) is 0. The van der Waals surface area contributed by atoms with Crippen LogP contribution in [0.2, 0.25) is 0 Å². The summed E-state index contributed by atoms with van der Waals surface area (Å²) in [6, 6.07) is 7.39. The van der Waals surface area contributed by atoms with E-state index < -0.39 is 0 Å². The number of hydrogen-bond acceptors (Lipinski definition) is 3. The highest BCUT2D eigenvalue weighted by Gasteiger charge is 2.08. The van der Waals surface area contributed by atoms with Gasteiger partial charge in [0.25, 0.3) is 0 Å². The van der Waals surface area contributed by atoms with Gasteiger partial charge in [-0.25, -0.2) is 4.79 Å². The van der Waals surface area contributed by atoms with Crippen molar-refractivity contribution >= 4 is 17.7 Å². The number of ether oxygens (including phenoxy) is 1. The van der Waals surface area contributed by atoms with Gasteiger partial charge in [0.2, 0.25) is 0 Å². The van der Waals surface area contributed by atoms with Crippen LogP contribution in [-0.4, -0.2) is 19.3 Å². The number of benzene rings is 1. The minimum atomic E-state index is -0.278. The first kappa shape index (κ1) is 9.13. The van der Waals surface area contributed by atoms with Gasteiger partial charge in [-0.2, -0.15) is 0 Å². The minimum absolute atomic E-state index is 0.278. The van der Waals surface area contributed by atoms with Gasteiger partial charge in [-0.15, -0.1) is 11.8 Å². The fraction of sp³-hybridized carbons (Fsp3) is 0.222. The van der Waals surface area contributed by atoms with Gasteiger partial charge in [-0.3, -0.25) is 0 Å². The second kappa shape index (κ2) is 4.16. The molecule has 0 aliphatic carbocycles. The topological polar surface area (TPSA) is 26.3 Å². The highest BCUT2D eigenvalue weighted by molar-refractivity contribution is 7.98. The van der Waals surface area contributed by atoms with Crippen LogP contribution in [0.3, 0.4) is 0 Å². The average Bonchev–Trinajstić information content (AvgIpc) is 2.16. The van der Waals surface area contributed by atoms with Crippen molar-refractivity contribution < 1.29 is 9.53 Å². The van der Waals surface area contributed by atoms with E-state index in [0.717, 1.165) is 4.90 Å². The van der Waals surface area contributed by atoms with Gasteiger partial charge in [-0.05, 0) is 18.4 Å². The first-order valence-electron chi connectivity index (χ1n) is 3.51. The Balaban J connectivity index is 3.04. The lowest BCUT2D eigenvalue weighted by Crippen LogP contribution is -2.02. The van der Waals surface area contributed by atoms with Crippen molar-refractivity contribution in [2.45, 2.75) is 4.90 Å². The van der Waals surface area contributed by atoms with Gasteiger partial charge in [0.15, 0.2) is 0 Å². The Morgan fingerprint density at radius 2 is 2.08 bits per heavy atom. The van der Waals surface area contributed by atoms with E-state index in [2.05, 4.69) is 4.74 Å². The van der Waals surface area contributed by atoms with E-state index in [0.29, 0.717) is 5.56 Å². The summed E-state index contributed by atoms with van der Waals surface area (Å²) in [6.07, 6.45) is 1.93. The third kappa shape index (κ3) is 1.80. The SMILES string of the molecule is COC(=O)c1ccccc1SC. The summed E-state index contributed by atoms with van der Waals surface area (Å²) >= 11 is 1.54. The summed E-state index contributed by atoms with van der Waals surface area (Å²) in [7, 11) is 1.39. The highest BCUT2D eigenvalue weighted by atomic mass is 32.2. The van der Waals surface area contributed by atoms with Gasteiger partial charge in [0.05, 0.1) is 12.7 Å². The molecule has 0 unspecified atom stereocenters. The van der Waals surface area contributed by atoms with Crippen LogP contribution in [0, 0.1) is 0 Å². The van der Waals surface area contributed by atoms with Gasteiger partial charge >= 0.3 is 5.97 Å². The molecule has 0 aromatic heterocycles. The number of carbonyl (C=O) groups excluding carboxylic acids is 1. The second-order valence-electron chi connectivity index (χ2n) is 2.19. The molecule has 2 nitrogen and oxygen atoms in total. The maximum absolute atomic E-state index is 11.2. The zero-order valence-corrected chi connectivity index (χ0v) is 7.85. The molecule has 0 saturated carbocycles. The molecule has 0 N–H and O–H groups in total. The van der Waals surface area contributed by atoms with Crippen LogP contribution in [-0.2, 0) is 4.74 Å². The average molecular weight is 182 g/mol. The van der Waals surface area contributed by atoms with E-state index in [1.54, 1.807) is 6.07 Å². The largest absolute Gasteiger partial charge is 0.465 e. The van der Waals surface area contributed by atoms with Crippen LogP contribution in [0.15, 0.2) is 29.2 Å². The van der Waals surface area contributed by atoms with E-state index >= 15 is 0 Å². The molecule has 0 atom stereocenters. The Morgan fingerprint density at radius 3 is 2.67 bits per heavy atom. The van der Waals surface area contributed by atoms with Gasteiger partial charge in [0, 0.05) is 4.90 Å². The highest BCUT2D eigenvalue weighted by Crippen LogP contribution is 2.19. The standard InChI is InChI=1S/C9H10O2S/c1-11-9(10)7-5-3-4-6-8(7)12-2/h3-6H,1-2H3. The van der Waals surface area contributed by atoms with E-state index in [9.17, 15) is 4.79 Å². The van der Waals surface area contributed by atoms with Gasteiger partial charge < -0.3 is 4.74 Å². The molecule has 0 heterocycles. The molecule has 0 amide bonds. The quantitative estimate of drug-likeness (QED) is 0.518. The number of methoxy groups -OCH3 is 1. The molecule has 0 aliphatic heterocycles. The normalized spacial score (nSPS) is 9.50.